The molecule has 2 aromatic carbocycles. The summed E-state index contributed by atoms with van der Waals surface area (Å²) in [5, 5.41) is 9.73. The van der Waals surface area contributed by atoms with Gasteiger partial charge in [0.2, 0.25) is 5.89 Å². The number of rotatable bonds is 5. The van der Waals surface area contributed by atoms with Crippen molar-refractivity contribution in [3.05, 3.63) is 75.6 Å². The number of hydrogen-bond acceptors (Lipinski definition) is 4. The van der Waals surface area contributed by atoms with E-state index in [9.17, 15) is 0 Å². The molecule has 3 nitrogen and oxygen atoms in total. The standard InChI is InChI=1S/C17H12Cl2N2OS/c18-14-8-6-13(15(19)10-14)7-9-16-20-21-17(22-16)23-11-12-4-2-1-3-5-12/h1-10H,11H2. The highest BCUT2D eigenvalue weighted by Crippen LogP contribution is 2.24. The Morgan fingerprint density at radius 2 is 1.83 bits per heavy atom. The third kappa shape index (κ3) is 4.61. The van der Waals surface area contributed by atoms with Crippen molar-refractivity contribution in [2.75, 3.05) is 0 Å². The van der Waals surface area contributed by atoms with Crippen LogP contribution in [-0.4, -0.2) is 10.2 Å². The van der Waals surface area contributed by atoms with E-state index >= 15 is 0 Å². The average molecular weight is 363 g/mol. The minimum Gasteiger partial charge on any atom is -0.412 e. The van der Waals surface area contributed by atoms with Crippen molar-refractivity contribution < 1.29 is 4.42 Å². The van der Waals surface area contributed by atoms with Gasteiger partial charge < -0.3 is 4.42 Å². The van der Waals surface area contributed by atoms with Gasteiger partial charge in [-0.2, -0.15) is 0 Å². The van der Waals surface area contributed by atoms with Gasteiger partial charge in [0, 0.05) is 21.9 Å². The van der Waals surface area contributed by atoms with Gasteiger partial charge in [-0.1, -0.05) is 71.4 Å². The number of benzene rings is 2. The molecule has 0 unspecified atom stereocenters. The van der Waals surface area contributed by atoms with Crippen LogP contribution in [0, 0.1) is 0 Å². The van der Waals surface area contributed by atoms with E-state index in [4.69, 9.17) is 27.6 Å². The molecule has 0 amide bonds. The summed E-state index contributed by atoms with van der Waals surface area (Å²) in [6.07, 6.45) is 3.55. The third-order valence-electron chi connectivity index (χ3n) is 3.00. The largest absolute Gasteiger partial charge is 0.412 e. The van der Waals surface area contributed by atoms with Gasteiger partial charge in [-0.15, -0.1) is 10.2 Å². The quantitative estimate of drug-likeness (QED) is 0.534. The van der Waals surface area contributed by atoms with Gasteiger partial charge in [0.25, 0.3) is 5.22 Å². The lowest BCUT2D eigenvalue weighted by Crippen LogP contribution is -1.79. The predicted molar refractivity (Wildman–Crippen MR) is 95.7 cm³/mol. The number of hydrogen-bond donors (Lipinski definition) is 0. The molecule has 0 aliphatic carbocycles. The molecular formula is C17H12Cl2N2OS. The Balaban J connectivity index is 1.64. The molecule has 3 rings (SSSR count). The van der Waals surface area contributed by atoms with Crippen LogP contribution < -0.4 is 0 Å². The van der Waals surface area contributed by atoms with Crippen LogP contribution in [0.1, 0.15) is 17.0 Å². The average Bonchev–Trinajstić information content (AvgIpc) is 3.01. The second kappa shape index (κ2) is 7.68. The Hall–Kier alpha value is -1.75. The van der Waals surface area contributed by atoms with E-state index in [2.05, 4.69) is 22.3 Å². The fourth-order valence-electron chi connectivity index (χ4n) is 1.86. The van der Waals surface area contributed by atoms with Crippen molar-refractivity contribution in [2.45, 2.75) is 11.0 Å². The molecular weight excluding hydrogens is 351 g/mol. The van der Waals surface area contributed by atoms with Crippen molar-refractivity contribution >= 4 is 47.1 Å². The second-order valence-corrected chi connectivity index (χ2v) is 6.45. The zero-order valence-electron chi connectivity index (χ0n) is 11.9. The fraction of sp³-hybridized carbons (Fsp3) is 0.0588. The van der Waals surface area contributed by atoms with E-state index in [1.807, 2.05) is 30.3 Å². The fourth-order valence-corrected chi connectivity index (χ4v) is 3.06. The van der Waals surface area contributed by atoms with E-state index in [-0.39, 0.29) is 0 Å². The van der Waals surface area contributed by atoms with Gasteiger partial charge in [-0.3, -0.25) is 0 Å². The molecule has 0 spiro atoms. The van der Waals surface area contributed by atoms with Gasteiger partial charge >= 0.3 is 0 Å². The molecule has 0 atom stereocenters. The molecule has 0 N–H and O–H groups in total. The number of halogens is 2. The van der Waals surface area contributed by atoms with Crippen LogP contribution in [0.3, 0.4) is 0 Å². The summed E-state index contributed by atoms with van der Waals surface area (Å²) in [5.41, 5.74) is 2.05. The maximum absolute atomic E-state index is 6.11. The zero-order valence-corrected chi connectivity index (χ0v) is 14.3. The minimum atomic E-state index is 0.437. The maximum atomic E-state index is 6.11. The molecule has 0 saturated carbocycles. The minimum absolute atomic E-state index is 0.437. The third-order valence-corrected chi connectivity index (χ3v) is 4.45. The van der Waals surface area contributed by atoms with Crippen LogP contribution in [0.15, 0.2) is 58.2 Å². The molecule has 0 saturated heterocycles. The molecule has 0 aliphatic heterocycles. The van der Waals surface area contributed by atoms with Crippen LogP contribution in [0.5, 0.6) is 0 Å². The molecule has 23 heavy (non-hydrogen) atoms. The van der Waals surface area contributed by atoms with Crippen LogP contribution in [0.25, 0.3) is 12.2 Å². The molecule has 6 heteroatoms. The molecule has 0 radical (unpaired) electrons. The van der Waals surface area contributed by atoms with Gasteiger partial charge in [0.05, 0.1) is 0 Å². The number of thioether (sulfide) groups is 1. The van der Waals surface area contributed by atoms with Gasteiger partial charge in [-0.05, 0) is 29.3 Å². The molecule has 3 aromatic rings. The van der Waals surface area contributed by atoms with Crippen LogP contribution in [-0.2, 0) is 5.75 Å². The lowest BCUT2D eigenvalue weighted by atomic mass is 10.2. The van der Waals surface area contributed by atoms with Crippen LogP contribution in [0.4, 0.5) is 0 Å². The lowest BCUT2D eigenvalue weighted by Gasteiger charge is -1.97. The summed E-state index contributed by atoms with van der Waals surface area (Å²) >= 11 is 13.5. The van der Waals surface area contributed by atoms with E-state index in [1.165, 1.54) is 17.3 Å². The highest BCUT2D eigenvalue weighted by molar-refractivity contribution is 7.98. The first-order valence-corrected chi connectivity index (χ1v) is 8.58. The first-order chi connectivity index (χ1) is 11.2. The number of aromatic nitrogens is 2. The Kier molecular flexibility index (Phi) is 5.39. The maximum Gasteiger partial charge on any atom is 0.277 e. The Morgan fingerprint density at radius 3 is 2.61 bits per heavy atom. The van der Waals surface area contributed by atoms with Gasteiger partial charge in [0.15, 0.2) is 0 Å². The van der Waals surface area contributed by atoms with Crippen molar-refractivity contribution in [3.8, 4) is 0 Å². The molecule has 0 bridgehead atoms. The van der Waals surface area contributed by atoms with E-state index in [0.717, 1.165) is 11.3 Å². The normalized spacial score (nSPS) is 11.2. The molecule has 0 fully saturated rings. The van der Waals surface area contributed by atoms with Crippen molar-refractivity contribution in [1.29, 1.82) is 0 Å². The monoisotopic (exact) mass is 362 g/mol. The molecule has 1 heterocycles. The van der Waals surface area contributed by atoms with Crippen molar-refractivity contribution in [3.63, 3.8) is 0 Å². The lowest BCUT2D eigenvalue weighted by molar-refractivity contribution is 0.446. The summed E-state index contributed by atoms with van der Waals surface area (Å²) in [6, 6.07) is 15.4. The highest BCUT2D eigenvalue weighted by atomic mass is 35.5. The SMILES string of the molecule is Clc1ccc(C=Cc2nnc(SCc3ccccc3)o2)c(Cl)c1. The molecule has 0 aliphatic rings. The van der Waals surface area contributed by atoms with E-state index in [0.29, 0.717) is 21.2 Å². The highest BCUT2D eigenvalue weighted by Gasteiger charge is 2.05. The van der Waals surface area contributed by atoms with E-state index < -0.39 is 0 Å². The van der Waals surface area contributed by atoms with E-state index in [1.54, 1.807) is 18.2 Å². The summed E-state index contributed by atoms with van der Waals surface area (Å²) in [4.78, 5) is 0. The molecule has 1 aromatic heterocycles. The van der Waals surface area contributed by atoms with Gasteiger partial charge in [0.1, 0.15) is 0 Å². The van der Waals surface area contributed by atoms with Gasteiger partial charge in [-0.25, -0.2) is 0 Å². The smallest absolute Gasteiger partial charge is 0.277 e. The Morgan fingerprint density at radius 1 is 1.00 bits per heavy atom. The zero-order chi connectivity index (χ0) is 16.1. The topological polar surface area (TPSA) is 38.9 Å². The summed E-state index contributed by atoms with van der Waals surface area (Å²) < 4.78 is 5.58. The first kappa shape index (κ1) is 16.1. The summed E-state index contributed by atoms with van der Waals surface area (Å²) in [6.45, 7) is 0. The van der Waals surface area contributed by atoms with Crippen LogP contribution in [0.2, 0.25) is 10.0 Å². The second-order valence-electron chi connectivity index (χ2n) is 4.68. The number of nitrogens with zero attached hydrogens (tertiary/aromatic N) is 2. The van der Waals surface area contributed by atoms with Crippen molar-refractivity contribution in [1.82, 2.24) is 10.2 Å². The summed E-state index contributed by atoms with van der Waals surface area (Å²) in [7, 11) is 0. The first-order valence-electron chi connectivity index (χ1n) is 6.84. The molecule has 116 valence electrons. The summed E-state index contributed by atoms with van der Waals surface area (Å²) in [5.74, 6) is 1.22. The van der Waals surface area contributed by atoms with Crippen LogP contribution >= 0.6 is 35.0 Å². The van der Waals surface area contributed by atoms with Crippen molar-refractivity contribution in [2.24, 2.45) is 0 Å². The predicted octanol–water partition coefficient (Wildman–Crippen LogP) is 5.84. The Bertz CT molecular complexity index is 818. The Labute approximate surface area is 148 Å².